The second-order valence-corrected chi connectivity index (χ2v) is 14.1. The molecule has 6 rings (SSSR count). The first kappa shape index (κ1) is 35.0. The number of hydrogen-bond donors (Lipinski definition) is 3. The first-order valence-electron chi connectivity index (χ1n) is 17.8. The SMILES string of the molecule is CC(C)C[C@@H]1CN(C(=O)C(N)Cc2ccc3ccccc3c2)[C@@H](CCCNc2ccncn2)CN1C(=O)C(N)Cc1ccc2ccccc2c1. The lowest BCUT2D eigenvalue weighted by atomic mass is 9.93. The predicted octanol–water partition coefficient (Wildman–Crippen LogP) is 5.57. The molecule has 5 aromatic rings. The number of nitrogens with one attached hydrogen (secondary N) is 1. The van der Waals surface area contributed by atoms with Gasteiger partial charge in [-0.25, -0.2) is 9.97 Å². The number of rotatable bonds is 13. The van der Waals surface area contributed by atoms with Crippen LogP contribution in [0.25, 0.3) is 21.5 Å². The number of amides is 2. The summed E-state index contributed by atoms with van der Waals surface area (Å²) in [6.07, 6.45) is 6.34. The van der Waals surface area contributed by atoms with E-state index in [4.69, 9.17) is 11.5 Å². The number of carbonyl (C=O) groups is 2. The number of carbonyl (C=O) groups excluding carboxylic acids is 2. The third-order valence-electron chi connectivity index (χ3n) is 9.78. The summed E-state index contributed by atoms with van der Waals surface area (Å²) >= 11 is 0. The Morgan fingerprint density at radius 1 is 0.760 bits per heavy atom. The maximum atomic E-state index is 14.3. The molecule has 9 heteroatoms. The van der Waals surface area contributed by atoms with Crippen LogP contribution in [0.4, 0.5) is 5.82 Å². The van der Waals surface area contributed by atoms with Crippen molar-refractivity contribution in [3.63, 3.8) is 0 Å². The van der Waals surface area contributed by atoms with Gasteiger partial charge in [-0.15, -0.1) is 0 Å². The van der Waals surface area contributed by atoms with Crippen molar-refractivity contribution >= 4 is 39.2 Å². The molecule has 4 aromatic carbocycles. The number of fused-ring (bicyclic) bond motifs is 2. The van der Waals surface area contributed by atoms with Gasteiger partial charge in [-0.3, -0.25) is 9.59 Å². The first-order chi connectivity index (χ1) is 24.2. The van der Waals surface area contributed by atoms with Crippen molar-refractivity contribution < 1.29 is 9.59 Å². The first-order valence-corrected chi connectivity index (χ1v) is 17.8. The molecule has 1 aliphatic rings. The van der Waals surface area contributed by atoms with Gasteiger partial charge in [0.15, 0.2) is 0 Å². The molecule has 2 heterocycles. The van der Waals surface area contributed by atoms with Crippen LogP contribution in [0.5, 0.6) is 0 Å². The predicted molar refractivity (Wildman–Crippen MR) is 201 cm³/mol. The molecule has 1 aromatic heterocycles. The van der Waals surface area contributed by atoms with Crippen LogP contribution >= 0.6 is 0 Å². The number of aromatic nitrogens is 2. The Kier molecular flexibility index (Phi) is 11.4. The van der Waals surface area contributed by atoms with E-state index in [2.05, 4.69) is 89.8 Å². The van der Waals surface area contributed by atoms with Gasteiger partial charge in [0.05, 0.1) is 12.1 Å². The van der Waals surface area contributed by atoms with Crippen LogP contribution < -0.4 is 16.8 Å². The lowest BCUT2D eigenvalue weighted by molar-refractivity contribution is -0.149. The van der Waals surface area contributed by atoms with Crippen LogP contribution in [0.2, 0.25) is 0 Å². The van der Waals surface area contributed by atoms with Crippen molar-refractivity contribution in [3.8, 4) is 0 Å². The molecule has 9 nitrogen and oxygen atoms in total. The van der Waals surface area contributed by atoms with Gasteiger partial charge in [0, 0.05) is 37.9 Å². The number of piperazine rings is 1. The molecule has 260 valence electrons. The third kappa shape index (κ3) is 8.64. The van der Waals surface area contributed by atoms with E-state index in [0.717, 1.165) is 51.3 Å². The van der Waals surface area contributed by atoms with Crippen molar-refractivity contribution in [1.82, 2.24) is 19.8 Å². The van der Waals surface area contributed by atoms with E-state index in [1.165, 1.54) is 6.33 Å². The van der Waals surface area contributed by atoms with Crippen LogP contribution in [0.3, 0.4) is 0 Å². The average Bonchev–Trinajstić information content (AvgIpc) is 3.13. The molecule has 2 unspecified atom stereocenters. The molecular formula is C41H49N7O2. The summed E-state index contributed by atoms with van der Waals surface area (Å²) in [5.41, 5.74) is 15.5. The molecule has 1 fully saturated rings. The average molecular weight is 672 g/mol. The minimum Gasteiger partial charge on any atom is -0.370 e. The lowest BCUT2D eigenvalue weighted by Crippen LogP contribution is -2.65. The zero-order valence-corrected chi connectivity index (χ0v) is 29.1. The van der Waals surface area contributed by atoms with Crippen molar-refractivity contribution in [2.24, 2.45) is 17.4 Å². The molecule has 0 radical (unpaired) electrons. The fourth-order valence-corrected chi connectivity index (χ4v) is 7.27. The third-order valence-corrected chi connectivity index (χ3v) is 9.78. The second kappa shape index (κ2) is 16.2. The minimum absolute atomic E-state index is 0.0690. The molecule has 50 heavy (non-hydrogen) atoms. The van der Waals surface area contributed by atoms with Crippen LogP contribution in [0.1, 0.15) is 44.2 Å². The summed E-state index contributed by atoms with van der Waals surface area (Å²) in [6, 6.07) is 29.0. The molecular weight excluding hydrogens is 622 g/mol. The summed E-state index contributed by atoms with van der Waals surface area (Å²) in [6.45, 7) is 5.83. The van der Waals surface area contributed by atoms with Crippen molar-refractivity contribution in [1.29, 1.82) is 0 Å². The van der Waals surface area contributed by atoms with Crippen LogP contribution in [0.15, 0.2) is 104 Å². The topological polar surface area (TPSA) is 130 Å². The molecule has 2 amide bonds. The van der Waals surface area contributed by atoms with Crippen molar-refractivity contribution in [2.45, 2.75) is 70.1 Å². The van der Waals surface area contributed by atoms with E-state index in [1.807, 2.05) is 40.1 Å². The van der Waals surface area contributed by atoms with E-state index in [-0.39, 0.29) is 23.9 Å². The Morgan fingerprint density at radius 3 is 1.84 bits per heavy atom. The zero-order chi connectivity index (χ0) is 35.0. The second-order valence-electron chi connectivity index (χ2n) is 14.1. The van der Waals surface area contributed by atoms with Gasteiger partial charge < -0.3 is 26.6 Å². The van der Waals surface area contributed by atoms with Crippen LogP contribution in [0, 0.1) is 5.92 Å². The monoisotopic (exact) mass is 671 g/mol. The molecule has 0 saturated carbocycles. The van der Waals surface area contributed by atoms with E-state index < -0.39 is 12.1 Å². The Bertz CT molecular complexity index is 1900. The van der Waals surface area contributed by atoms with Crippen molar-refractivity contribution in [3.05, 3.63) is 115 Å². The largest absolute Gasteiger partial charge is 0.370 e. The Hall–Kier alpha value is -4.86. The number of hydrogen-bond acceptors (Lipinski definition) is 7. The van der Waals surface area contributed by atoms with E-state index in [0.29, 0.717) is 44.8 Å². The van der Waals surface area contributed by atoms with Crippen molar-refractivity contribution in [2.75, 3.05) is 25.0 Å². The molecule has 0 spiro atoms. The highest BCUT2D eigenvalue weighted by Crippen LogP contribution is 2.26. The maximum Gasteiger partial charge on any atom is 0.240 e. The normalized spacial score (nSPS) is 17.6. The highest BCUT2D eigenvalue weighted by atomic mass is 16.2. The number of anilines is 1. The van der Waals surface area contributed by atoms with Crippen LogP contribution in [-0.4, -0.2) is 75.4 Å². The number of nitrogens with two attached hydrogens (primary N) is 2. The zero-order valence-electron chi connectivity index (χ0n) is 29.1. The molecule has 0 aliphatic carbocycles. The van der Waals surface area contributed by atoms with E-state index in [1.54, 1.807) is 6.20 Å². The highest BCUT2D eigenvalue weighted by molar-refractivity contribution is 5.87. The van der Waals surface area contributed by atoms with Gasteiger partial charge in [-0.05, 0) is 76.8 Å². The van der Waals surface area contributed by atoms with Gasteiger partial charge in [-0.1, -0.05) is 98.8 Å². The summed E-state index contributed by atoms with van der Waals surface area (Å²) in [5.74, 6) is 0.931. The van der Waals surface area contributed by atoms with Gasteiger partial charge >= 0.3 is 0 Å². The molecule has 1 aliphatic heterocycles. The van der Waals surface area contributed by atoms with Gasteiger partial charge in [0.25, 0.3) is 0 Å². The Morgan fingerprint density at radius 2 is 1.30 bits per heavy atom. The summed E-state index contributed by atoms with van der Waals surface area (Å²) < 4.78 is 0. The fraction of sp³-hybridized carbons (Fsp3) is 0.366. The molecule has 1 saturated heterocycles. The van der Waals surface area contributed by atoms with Gasteiger partial charge in [0.2, 0.25) is 11.8 Å². The lowest BCUT2D eigenvalue weighted by Gasteiger charge is -2.48. The Labute approximate surface area is 295 Å². The summed E-state index contributed by atoms with van der Waals surface area (Å²) in [4.78, 5) is 40.7. The van der Waals surface area contributed by atoms with Gasteiger partial charge in [-0.2, -0.15) is 0 Å². The van der Waals surface area contributed by atoms with Gasteiger partial charge in [0.1, 0.15) is 12.1 Å². The smallest absolute Gasteiger partial charge is 0.240 e. The highest BCUT2D eigenvalue weighted by Gasteiger charge is 2.40. The summed E-state index contributed by atoms with van der Waals surface area (Å²) in [7, 11) is 0. The van der Waals surface area contributed by atoms with E-state index in [9.17, 15) is 9.59 Å². The molecule has 0 bridgehead atoms. The Balaban J connectivity index is 1.20. The fourth-order valence-electron chi connectivity index (χ4n) is 7.27. The van der Waals surface area contributed by atoms with E-state index >= 15 is 0 Å². The minimum atomic E-state index is -0.699. The number of nitrogens with zero attached hydrogens (tertiary/aromatic N) is 4. The molecule has 4 atom stereocenters. The summed E-state index contributed by atoms with van der Waals surface area (Å²) in [5, 5.41) is 7.92. The number of benzene rings is 4. The maximum absolute atomic E-state index is 14.3. The van der Waals surface area contributed by atoms with Crippen LogP contribution in [-0.2, 0) is 22.4 Å². The quantitative estimate of drug-likeness (QED) is 0.140. The standard InChI is InChI=1S/C41H49N7O2/c1-28(2)20-36-26-47(40(49)37(42)23-29-13-15-31-8-3-5-10-33(31)21-29)35(12-7-18-45-39-17-19-44-27-46-39)25-48(36)41(50)38(43)24-30-14-16-32-9-4-6-11-34(32)22-30/h3-6,8-11,13-17,19,21-22,27-28,35-38H,7,12,18,20,23-26,42-43H2,1-2H3,(H,44,45,46)/t35-,36+,37?,38?/m0/s1. The molecule has 5 N–H and O–H groups in total.